The van der Waals surface area contributed by atoms with Crippen molar-refractivity contribution in [1.82, 2.24) is 19.8 Å². The average molecular weight is 489 g/mol. The summed E-state index contributed by atoms with van der Waals surface area (Å²) in [6.07, 6.45) is 7.22. The van der Waals surface area contributed by atoms with Gasteiger partial charge in [0.25, 0.3) is 0 Å². The number of likely N-dealkylation sites (tertiary alicyclic amines) is 1. The Kier molecular flexibility index (Phi) is 6.91. The molecule has 0 radical (unpaired) electrons. The van der Waals surface area contributed by atoms with Gasteiger partial charge in [-0.15, -0.1) is 0 Å². The number of amides is 1. The number of fused-ring (bicyclic) bond motifs is 2. The van der Waals surface area contributed by atoms with E-state index in [1.807, 2.05) is 0 Å². The maximum Gasteiger partial charge on any atom is 0.414 e. The van der Waals surface area contributed by atoms with Crippen molar-refractivity contribution in [1.29, 1.82) is 5.26 Å². The van der Waals surface area contributed by atoms with Gasteiger partial charge in [0.15, 0.2) is 0 Å². The van der Waals surface area contributed by atoms with Crippen LogP contribution in [0.1, 0.15) is 30.9 Å². The summed E-state index contributed by atoms with van der Waals surface area (Å²) in [5, 5.41) is 16.1. The fourth-order valence-electron chi connectivity index (χ4n) is 5.22. The first kappa shape index (κ1) is 23.9. The van der Waals surface area contributed by atoms with E-state index in [-0.39, 0.29) is 6.09 Å². The monoisotopic (exact) mass is 488 g/mol. The summed E-state index contributed by atoms with van der Waals surface area (Å²) >= 11 is 0. The number of nitrogens with zero attached hydrogens (tertiary/aromatic N) is 6. The number of ether oxygens (including phenoxy) is 1. The van der Waals surface area contributed by atoms with Gasteiger partial charge in [0.05, 0.1) is 12.5 Å². The SMILES string of the molecule is CCc1cc(N2C[C@@H]3C[C@H]2CN3C)ccc1Nc1ncc(C#N)c(NCCCN2CC=COC2=O)n1. The number of aryl methyl sites for hydroxylation is 1. The Morgan fingerprint density at radius 2 is 2.17 bits per heavy atom. The first-order valence-corrected chi connectivity index (χ1v) is 12.5. The van der Waals surface area contributed by atoms with Gasteiger partial charge in [0.1, 0.15) is 17.5 Å². The van der Waals surface area contributed by atoms with Crippen LogP contribution < -0.4 is 15.5 Å². The van der Waals surface area contributed by atoms with Crippen LogP contribution in [-0.2, 0) is 11.2 Å². The molecule has 0 aliphatic carbocycles. The van der Waals surface area contributed by atoms with Crippen LogP contribution in [0, 0.1) is 11.3 Å². The van der Waals surface area contributed by atoms with Gasteiger partial charge in [0, 0.05) is 56.2 Å². The maximum atomic E-state index is 11.7. The molecule has 0 spiro atoms. The number of rotatable bonds is 9. The number of nitriles is 1. The fourth-order valence-corrected chi connectivity index (χ4v) is 5.22. The number of piperazine rings is 1. The molecular formula is C26H32N8O2. The highest BCUT2D eigenvalue weighted by Crippen LogP contribution is 2.35. The molecule has 2 bridgehead atoms. The van der Waals surface area contributed by atoms with Crippen LogP contribution in [0.2, 0.25) is 0 Å². The lowest BCUT2D eigenvalue weighted by Gasteiger charge is -2.34. The molecule has 3 aliphatic rings. The summed E-state index contributed by atoms with van der Waals surface area (Å²) in [7, 11) is 2.22. The largest absolute Gasteiger partial charge is 0.418 e. The highest BCUT2D eigenvalue weighted by atomic mass is 16.5. The Morgan fingerprint density at radius 1 is 1.28 bits per heavy atom. The van der Waals surface area contributed by atoms with Crippen LogP contribution >= 0.6 is 0 Å². The molecule has 188 valence electrons. The number of carbonyl (C=O) groups excluding carboxylic acids is 1. The van der Waals surface area contributed by atoms with Crippen molar-refractivity contribution in [2.24, 2.45) is 0 Å². The molecule has 2 fully saturated rings. The summed E-state index contributed by atoms with van der Waals surface area (Å²) in [6, 6.07) is 9.94. The minimum Gasteiger partial charge on any atom is -0.418 e. The van der Waals surface area contributed by atoms with Crippen molar-refractivity contribution in [2.75, 3.05) is 55.3 Å². The van der Waals surface area contributed by atoms with Crippen molar-refractivity contribution in [3.8, 4) is 6.07 Å². The van der Waals surface area contributed by atoms with Crippen LogP contribution in [0.4, 0.5) is 27.9 Å². The predicted molar refractivity (Wildman–Crippen MR) is 138 cm³/mol. The molecule has 2 saturated heterocycles. The van der Waals surface area contributed by atoms with Crippen LogP contribution in [-0.4, -0.2) is 77.7 Å². The topological polar surface area (TPSA) is 110 Å². The normalized spacial score (nSPS) is 21.0. The van der Waals surface area contributed by atoms with Crippen molar-refractivity contribution in [3.63, 3.8) is 0 Å². The third-order valence-corrected chi connectivity index (χ3v) is 7.22. The van der Waals surface area contributed by atoms with E-state index in [9.17, 15) is 10.1 Å². The number of hydrogen-bond acceptors (Lipinski definition) is 9. The maximum absolute atomic E-state index is 11.7. The third-order valence-electron chi connectivity index (χ3n) is 7.22. The molecule has 2 aromatic rings. The zero-order chi connectivity index (χ0) is 25.1. The second-order valence-electron chi connectivity index (χ2n) is 9.50. The lowest BCUT2D eigenvalue weighted by molar-refractivity contribution is 0.133. The van der Waals surface area contributed by atoms with Gasteiger partial charge in [-0.1, -0.05) is 6.92 Å². The Bertz CT molecular complexity index is 1190. The number of carbonyl (C=O) groups is 1. The smallest absolute Gasteiger partial charge is 0.414 e. The molecule has 36 heavy (non-hydrogen) atoms. The van der Waals surface area contributed by atoms with E-state index in [0.29, 0.717) is 55.5 Å². The molecule has 0 saturated carbocycles. The number of cyclic esters (lactones) is 1. The van der Waals surface area contributed by atoms with Crippen molar-refractivity contribution in [3.05, 3.63) is 47.9 Å². The summed E-state index contributed by atoms with van der Waals surface area (Å²) < 4.78 is 4.90. The molecule has 10 nitrogen and oxygen atoms in total. The van der Waals surface area contributed by atoms with Crippen molar-refractivity contribution < 1.29 is 9.53 Å². The molecule has 1 aromatic heterocycles. The summed E-state index contributed by atoms with van der Waals surface area (Å²) in [6.45, 7) is 6.00. The number of hydrogen-bond donors (Lipinski definition) is 2. The Hall–Kier alpha value is -3.84. The minimum atomic E-state index is -0.342. The molecule has 2 N–H and O–H groups in total. The van der Waals surface area contributed by atoms with Crippen molar-refractivity contribution in [2.45, 2.75) is 38.3 Å². The fraction of sp³-hybridized carbons (Fsp3) is 0.462. The molecule has 5 rings (SSSR count). The standard InChI is InChI=1S/C26H32N8O2/c1-3-18-12-20(34-17-21-13-22(34)16-32(21)2)6-7-23(18)30-25-29-15-19(14-27)24(31-25)28-8-4-9-33-10-5-11-36-26(33)35/h5-7,11-12,15,21-22H,3-4,8-10,13,16-17H2,1-2H3,(H2,28,29,30,31)/t21-,22-/m0/s1. The number of likely N-dealkylation sites (N-methyl/N-ethyl adjacent to an activating group) is 1. The van der Waals surface area contributed by atoms with Gasteiger partial charge < -0.3 is 25.2 Å². The van der Waals surface area contributed by atoms with Crippen LogP contribution in [0.25, 0.3) is 0 Å². The lowest BCUT2D eigenvalue weighted by Crippen LogP contribution is -2.44. The highest BCUT2D eigenvalue weighted by Gasteiger charge is 2.41. The quantitative estimate of drug-likeness (QED) is 0.514. The molecule has 4 heterocycles. The van der Waals surface area contributed by atoms with E-state index in [1.165, 1.54) is 30.1 Å². The molecular weight excluding hydrogens is 456 g/mol. The average Bonchev–Trinajstić information content (AvgIpc) is 3.48. The first-order chi connectivity index (χ1) is 17.6. The van der Waals surface area contributed by atoms with Gasteiger partial charge in [-0.25, -0.2) is 9.78 Å². The number of aromatic nitrogens is 2. The summed E-state index contributed by atoms with van der Waals surface area (Å²) in [4.78, 5) is 27.3. The van der Waals surface area contributed by atoms with Gasteiger partial charge in [-0.3, -0.25) is 4.90 Å². The predicted octanol–water partition coefficient (Wildman–Crippen LogP) is 3.31. The Labute approximate surface area is 211 Å². The van der Waals surface area contributed by atoms with Gasteiger partial charge >= 0.3 is 6.09 Å². The van der Waals surface area contributed by atoms with Crippen LogP contribution in [0.3, 0.4) is 0 Å². The Balaban J connectivity index is 1.23. The second-order valence-corrected chi connectivity index (χ2v) is 9.50. The molecule has 1 aromatic carbocycles. The Morgan fingerprint density at radius 3 is 2.89 bits per heavy atom. The van der Waals surface area contributed by atoms with Gasteiger partial charge in [0.2, 0.25) is 5.95 Å². The van der Waals surface area contributed by atoms with E-state index in [4.69, 9.17) is 4.74 Å². The van der Waals surface area contributed by atoms with E-state index >= 15 is 0 Å². The van der Waals surface area contributed by atoms with Gasteiger partial charge in [-0.05, 0) is 56.1 Å². The lowest BCUT2D eigenvalue weighted by atomic mass is 10.1. The highest BCUT2D eigenvalue weighted by molar-refractivity contribution is 5.69. The second kappa shape index (κ2) is 10.4. The van der Waals surface area contributed by atoms with E-state index < -0.39 is 0 Å². The van der Waals surface area contributed by atoms with E-state index in [1.54, 1.807) is 11.0 Å². The van der Waals surface area contributed by atoms with Crippen LogP contribution in [0.5, 0.6) is 0 Å². The summed E-state index contributed by atoms with van der Waals surface area (Å²) in [5.41, 5.74) is 3.82. The molecule has 2 atom stereocenters. The number of benzene rings is 1. The molecule has 0 unspecified atom stereocenters. The molecule has 1 amide bonds. The number of nitrogens with one attached hydrogen (secondary N) is 2. The molecule has 3 aliphatic heterocycles. The number of anilines is 4. The van der Waals surface area contributed by atoms with E-state index in [2.05, 4.69) is 68.6 Å². The first-order valence-electron chi connectivity index (χ1n) is 12.5. The summed E-state index contributed by atoms with van der Waals surface area (Å²) in [5.74, 6) is 0.911. The zero-order valence-corrected chi connectivity index (χ0v) is 20.8. The van der Waals surface area contributed by atoms with Crippen molar-refractivity contribution >= 4 is 29.2 Å². The van der Waals surface area contributed by atoms with Crippen LogP contribution in [0.15, 0.2) is 36.7 Å². The third kappa shape index (κ3) is 4.93. The van der Waals surface area contributed by atoms with Gasteiger partial charge in [-0.2, -0.15) is 10.2 Å². The zero-order valence-electron chi connectivity index (χ0n) is 20.8. The minimum absolute atomic E-state index is 0.342. The van der Waals surface area contributed by atoms with E-state index in [0.717, 1.165) is 25.2 Å². The molecule has 10 heteroatoms.